The SMILES string of the molecule is C=C(C)C(=O)OCCC(CC(=O)O)C(=O)O.CC(C)=COCCOC(=O)CCC(=O)O. The number of hydrogen-bond donors (Lipinski definition) is 3. The van der Waals surface area contributed by atoms with Crippen LogP contribution in [-0.4, -0.2) is 65.0 Å². The van der Waals surface area contributed by atoms with Gasteiger partial charge in [-0.2, -0.15) is 0 Å². The van der Waals surface area contributed by atoms with E-state index in [-0.39, 0.29) is 44.7 Å². The van der Waals surface area contributed by atoms with Crippen molar-refractivity contribution in [2.45, 2.75) is 46.5 Å². The fraction of sp³-hybridized carbons (Fsp3) is 0.550. The van der Waals surface area contributed by atoms with E-state index in [1.807, 2.05) is 13.8 Å². The molecule has 0 fully saturated rings. The summed E-state index contributed by atoms with van der Waals surface area (Å²) in [6.45, 7) is 8.89. The van der Waals surface area contributed by atoms with Crippen molar-refractivity contribution >= 4 is 29.8 Å². The van der Waals surface area contributed by atoms with Crippen molar-refractivity contribution in [3.05, 3.63) is 24.0 Å². The van der Waals surface area contributed by atoms with Crippen LogP contribution in [0.4, 0.5) is 0 Å². The maximum atomic E-state index is 10.9. The molecule has 0 aromatic carbocycles. The molecule has 0 saturated heterocycles. The number of esters is 2. The van der Waals surface area contributed by atoms with Crippen LogP contribution in [0.3, 0.4) is 0 Å². The van der Waals surface area contributed by atoms with Crippen LogP contribution in [0.5, 0.6) is 0 Å². The summed E-state index contributed by atoms with van der Waals surface area (Å²) in [5, 5.41) is 25.4. The molecule has 0 bridgehead atoms. The highest BCUT2D eigenvalue weighted by molar-refractivity contribution is 5.87. The third-order valence-corrected chi connectivity index (χ3v) is 3.14. The molecular formula is C20H30O11. The van der Waals surface area contributed by atoms with Crippen molar-refractivity contribution in [2.75, 3.05) is 19.8 Å². The first-order valence-electron chi connectivity index (χ1n) is 9.26. The lowest BCUT2D eigenvalue weighted by Crippen LogP contribution is -2.20. The van der Waals surface area contributed by atoms with E-state index >= 15 is 0 Å². The second-order valence-corrected chi connectivity index (χ2v) is 6.52. The molecule has 0 saturated carbocycles. The van der Waals surface area contributed by atoms with Crippen LogP contribution in [0.1, 0.15) is 46.5 Å². The second kappa shape index (κ2) is 17.5. The zero-order chi connectivity index (χ0) is 24.4. The Morgan fingerprint density at radius 3 is 1.94 bits per heavy atom. The summed E-state index contributed by atoms with van der Waals surface area (Å²) < 4.78 is 14.4. The molecule has 0 aliphatic heterocycles. The van der Waals surface area contributed by atoms with Gasteiger partial charge in [0, 0.05) is 5.57 Å². The third kappa shape index (κ3) is 21.2. The molecule has 1 unspecified atom stereocenters. The van der Waals surface area contributed by atoms with E-state index < -0.39 is 42.2 Å². The zero-order valence-electron chi connectivity index (χ0n) is 17.9. The van der Waals surface area contributed by atoms with Gasteiger partial charge in [-0.3, -0.25) is 19.2 Å². The Morgan fingerprint density at radius 2 is 1.48 bits per heavy atom. The maximum absolute atomic E-state index is 10.9. The van der Waals surface area contributed by atoms with Gasteiger partial charge in [-0.25, -0.2) is 4.79 Å². The molecule has 31 heavy (non-hydrogen) atoms. The molecule has 0 heterocycles. The first kappa shape index (κ1) is 29.8. The molecule has 0 rings (SSSR count). The maximum Gasteiger partial charge on any atom is 0.333 e. The monoisotopic (exact) mass is 446 g/mol. The topological polar surface area (TPSA) is 174 Å². The van der Waals surface area contributed by atoms with Crippen molar-refractivity contribution in [1.29, 1.82) is 0 Å². The smallest absolute Gasteiger partial charge is 0.333 e. The predicted octanol–water partition coefficient (Wildman–Crippen LogP) is 2.01. The Morgan fingerprint density at radius 1 is 0.871 bits per heavy atom. The molecule has 11 heteroatoms. The van der Waals surface area contributed by atoms with Crippen LogP contribution in [-0.2, 0) is 38.2 Å². The van der Waals surface area contributed by atoms with Crippen molar-refractivity contribution in [1.82, 2.24) is 0 Å². The number of hydrogen-bond acceptors (Lipinski definition) is 8. The van der Waals surface area contributed by atoms with Crippen LogP contribution in [0.25, 0.3) is 0 Å². The molecule has 0 amide bonds. The minimum Gasteiger partial charge on any atom is -0.498 e. The van der Waals surface area contributed by atoms with Gasteiger partial charge in [0.05, 0.1) is 38.0 Å². The minimum atomic E-state index is -1.21. The molecule has 11 nitrogen and oxygen atoms in total. The van der Waals surface area contributed by atoms with Crippen molar-refractivity contribution < 1.29 is 53.5 Å². The number of carboxylic acids is 3. The van der Waals surface area contributed by atoms with E-state index in [4.69, 9.17) is 24.8 Å². The molecule has 0 spiro atoms. The summed E-state index contributed by atoms with van der Waals surface area (Å²) in [5.41, 5.74) is 1.23. The summed E-state index contributed by atoms with van der Waals surface area (Å²) in [5.74, 6) is -5.59. The Kier molecular flexibility index (Phi) is 16.8. The number of ether oxygens (including phenoxy) is 3. The standard InChI is InChI=1S/C10H14O6.C10H16O5/c1-6(2)10(15)16-4-3-7(9(13)14)5-8(11)12;1-8(2)7-14-5-6-15-10(13)4-3-9(11)12/h7H,1,3-5H2,2H3,(H,11,12)(H,13,14);7H,3-6H2,1-2H3,(H,11,12). The van der Waals surface area contributed by atoms with Crippen molar-refractivity contribution in [3.8, 4) is 0 Å². The van der Waals surface area contributed by atoms with E-state index in [1.54, 1.807) is 6.26 Å². The van der Waals surface area contributed by atoms with Crippen LogP contribution >= 0.6 is 0 Å². The van der Waals surface area contributed by atoms with Crippen LogP contribution < -0.4 is 0 Å². The Balaban J connectivity index is 0. The van der Waals surface area contributed by atoms with E-state index in [1.165, 1.54) is 6.92 Å². The first-order chi connectivity index (χ1) is 14.4. The quantitative estimate of drug-likeness (QED) is 0.154. The molecular weight excluding hydrogens is 416 g/mol. The molecule has 0 radical (unpaired) electrons. The number of carbonyl (C=O) groups excluding carboxylic acids is 2. The van der Waals surface area contributed by atoms with Gasteiger partial charge in [-0.05, 0) is 32.8 Å². The van der Waals surface area contributed by atoms with Gasteiger partial charge in [0.1, 0.15) is 13.2 Å². The van der Waals surface area contributed by atoms with Crippen molar-refractivity contribution in [2.24, 2.45) is 5.92 Å². The lowest BCUT2D eigenvalue weighted by atomic mass is 10.0. The van der Waals surface area contributed by atoms with Gasteiger partial charge < -0.3 is 29.5 Å². The summed E-state index contributed by atoms with van der Waals surface area (Å²) in [6, 6.07) is 0. The summed E-state index contributed by atoms with van der Waals surface area (Å²) in [6.07, 6.45) is 0.761. The number of carbonyl (C=O) groups is 5. The summed E-state index contributed by atoms with van der Waals surface area (Å²) in [7, 11) is 0. The number of aliphatic carboxylic acids is 3. The fourth-order valence-corrected chi connectivity index (χ4v) is 1.65. The van der Waals surface area contributed by atoms with Gasteiger partial charge in [-0.1, -0.05) is 6.58 Å². The highest BCUT2D eigenvalue weighted by Crippen LogP contribution is 2.09. The molecule has 176 valence electrons. The second-order valence-electron chi connectivity index (χ2n) is 6.52. The average Bonchev–Trinajstić information content (AvgIpc) is 2.64. The molecule has 0 aromatic heterocycles. The van der Waals surface area contributed by atoms with Crippen LogP contribution in [0.15, 0.2) is 24.0 Å². The Bertz CT molecular complexity index is 660. The molecule has 0 aromatic rings. The highest BCUT2D eigenvalue weighted by atomic mass is 16.6. The predicted molar refractivity (Wildman–Crippen MR) is 107 cm³/mol. The van der Waals surface area contributed by atoms with E-state index in [0.717, 1.165) is 5.57 Å². The number of carboxylic acid groups (broad SMARTS) is 3. The molecule has 0 aliphatic rings. The molecule has 1 atom stereocenters. The minimum absolute atomic E-state index is 0.0271. The lowest BCUT2D eigenvalue weighted by molar-refractivity contribution is -0.150. The van der Waals surface area contributed by atoms with Crippen molar-refractivity contribution in [3.63, 3.8) is 0 Å². The zero-order valence-corrected chi connectivity index (χ0v) is 17.9. The Hall–Kier alpha value is -3.37. The van der Waals surface area contributed by atoms with Gasteiger partial charge >= 0.3 is 29.8 Å². The van der Waals surface area contributed by atoms with Gasteiger partial charge in [0.15, 0.2) is 0 Å². The number of allylic oxidation sites excluding steroid dienone is 1. The lowest BCUT2D eigenvalue weighted by Gasteiger charge is -2.09. The summed E-state index contributed by atoms with van der Waals surface area (Å²) >= 11 is 0. The van der Waals surface area contributed by atoms with E-state index in [2.05, 4.69) is 11.3 Å². The fourth-order valence-electron chi connectivity index (χ4n) is 1.65. The molecule has 3 N–H and O–H groups in total. The van der Waals surface area contributed by atoms with Gasteiger partial charge in [0.2, 0.25) is 0 Å². The molecule has 0 aliphatic carbocycles. The number of rotatable bonds is 14. The first-order valence-corrected chi connectivity index (χ1v) is 9.26. The third-order valence-electron chi connectivity index (χ3n) is 3.14. The summed E-state index contributed by atoms with van der Waals surface area (Å²) in [4.78, 5) is 52.9. The highest BCUT2D eigenvalue weighted by Gasteiger charge is 2.21. The Labute approximate surface area is 180 Å². The van der Waals surface area contributed by atoms with E-state index in [0.29, 0.717) is 0 Å². The normalized spacial score (nSPS) is 10.4. The van der Waals surface area contributed by atoms with Gasteiger partial charge in [-0.15, -0.1) is 0 Å². The van der Waals surface area contributed by atoms with Crippen LogP contribution in [0.2, 0.25) is 0 Å². The van der Waals surface area contributed by atoms with Crippen LogP contribution in [0, 0.1) is 5.92 Å². The van der Waals surface area contributed by atoms with E-state index in [9.17, 15) is 24.0 Å². The average molecular weight is 446 g/mol. The van der Waals surface area contributed by atoms with Gasteiger partial charge in [0.25, 0.3) is 0 Å². The largest absolute Gasteiger partial charge is 0.498 e.